The van der Waals surface area contributed by atoms with Crippen LogP contribution in [-0.4, -0.2) is 0 Å². The SMILES string of the molecule is [2H]c1c([2H])c([2H])c2c(-c3ccc(Nc4ccccc4)cc3)c([2H])c([2H])c([2H])c2c1[2H]. The van der Waals surface area contributed by atoms with Crippen LogP contribution in [0.5, 0.6) is 0 Å². The first-order valence-corrected chi connectivity index (χ1v) is 7.23. The van der Waals surface area contributed by atoms with Gasteiger partial charge in [-0.2, -0.15) is 0 Å². The van der Waals surface area contributed by atoms with Gasteiger partial charge in [0.25, 0.3) is 0 Å². The Morgan fingerprint density at radius 1 is 0.652 bits per heavy atom. The van der Waals surface area contributed by atoms with E-state index in [0.29, 0.717) is 5.56 Å². The smallest absolute Gasteiger partial charge is 0.0629 e. The van der Waals surface area contributed by atoms with Gasteiger partial charge >= 0.3 is 0 Å². The van der Waals surface area contributed by atoms with Crippen LogP contribution in [0.2, 0.25) is 0 Å². The molecule has 0 aliphatic carbocycles. The Labute approximate surface area is 146 Å². The second-order valence-corrected chi connectivity index (χ2v) is 5.07. The zero-order chi connectivity index (χ0) is 21.6. The molecule has 23 heavy (non-hydrogen) atoms. The lowest BCUT2D eigenvalue weighted by Gasteiger charge is -2.09. The van der Waals surface area contributed by atoms with E-state index in [9.17, 15) is 0 Å². The highest BCUT2D eigenvalue weighted by atomic mass is 14.9. The van der Waals surface area contributed by atoms with Gasteiger partial charge in [-0.3, -0.25) is 0 Å². The highest BCUT2D eigenvalue weighted by Crippen LogP contribution is 2.29. The van der Waals surface area contributed by atoms with Crippen LogP contribution in [0.25, 0.3) is 21.9 Å². The lowest BCUT2D eigenvalue weighted by Crippen LogP contribution is -1.89. The highest BCUT2D eigenvalue weighted by Gasteiger charge is 2.03. The van der Waals surface area contributed by atoms with Crippen LogP contribution in [-0.2, 0) is 0 Å². The molecule has 0 aliphatic rings. The van der Waals surface area contributed by atoms with Gasteiger partial charge in [-0.25, -0.2) is 0 Å². The molecule has 0 heterocycles. The first kappa shape index (κ1) is 7.98. The predicted molar refractivity (Wildman–Crippen MR) is 99.1 cm³/mol. The third kappa shape index (κ3) is 2.82. The van der Waals surface area contributed by atoms with Crippen LogP contribution in [0.1, 0.15) is 9.60 Å². The minimum atomic E-state index is -0.452. The van der Waals surface area contributed by atoms with Crippen molar-refractivity contribution in [3.63, 3.8) is 0 Å². The largest absolute Gasteiger partial charge is 0.356 e. The third-order valence-corrected chi connectivity index (χ3v) is 3.55. The summed E-state index contributed by atoms with van der Waals surface area (Å²) in [6.07, 6.45) is 0. The normalized spacial score (nSPS) is 14.9. The number of hydrogen-bond acceptors (Lipinski definition) is 1. The van der Waals surface area contributed by atoms with Crippen molar-refractivity contribution in [2.45, 2.75) is 0 Å². The number of benzene rings is 4. The van der Waals surface area contributed by atoms with Crippen LogP contribution < -0.4 is 5.32 Å². The van der Waals surface area contributed by atoms with E-state index in [4.69, 9.17) is 9.60 Å². The summed E-state index contributed by atoms with van der Waals surface area (Å²) in [5.41, 5.74) is 2.50. The van der Waals surface area contributed by atoms with E-state index >= 15 is 0 Å². The first-order chi connectivity index (χ1) is 14.3. The maximum absolute atomic E-state index is 8.40. The zero-order valence-corrected chi connectivity index (χ0v) is 12.2. The molecule has 0 aliphatic heterocycles. The Bertz CT molecular complexity index is 1260. The summed E-state index contributed by atoms with van der Waals surface area (Å²) in [5.74, 6) is 0. The van der Waals surface area contributed by atoms with Crippen molar-refractivity contribution in [2.75, 3.05) is 5.32 Å². The number of rotatable bonds is 3. The van der Waals surface area contributed by atoms with Gasteiger partial charge < -0.3 is 5.32 Å². The number of fused-ring (bicyclic) bond motifs is 1. The average molecular weight is 302 g/mol. The van der Waals surface area contributed by atoms with E-state index < -0.39 is 12.1 Å². The molecule has 1 nitrogen and oxygen atoms in total. The van der Waals surface area contributed by atoms with Gasteiger partial charge in [0.15, 0.2) is 0 Å². The van der Waals surface area contributed by atoms with Crippen LogP contribution in [0.3, 0.4) is 0 Å². The second kappa shape index (κ2) is 5.98. The number of hydrogen-bond donors (Lipinski definition) is 1. The second-order valence-electron chi connectivity index (χ2n) is 5.07. The summed E-state index contributed by atoms with van der Waals surface area (Å²) in [7, 11) is 0. The number of para-hydroxylation sites is 1. The fraction of sp³-hybridized carbons (Fsp3) is 0. The van der Waals surface area contributed by atoms with Gasteiger partial charge in [0.05, 0.1) is 9.60 Å². The maximum Gasteiger partial charge on any atom is 0.0629 e. The van der Waals surface area contributed by atoms with Crippen LogP contribution >= 0.6 is 0 Å². The summed E-state index contributed by atoms with van der Waals surface area (Å²) in [4.78, 5) is 0. The molecule has 0 unspecified atom stereocenters. The molecule has 4 aromatic rings. The number of nitrogens with one attached hydrogen (secondary N) is 1. The van der Waals surface area contributed by atoms with Gasteiger partial charge in [0, 0.05) is 11.4 Å². The summed E-state index contributed by atoms with van der Waals surface area (Å²) in [5, 5.41) is 3.31. The minimum Gasteiger partial charge on any atom is -0.356 e. The van der Waals surface area contributed by atoms with Gasteiger partial charge in [-0.15, -0.1) is 0 Å². The van der Waals surface area contributed by atoms with Crippen molar-refractivity contribution < 1.29 is 9.60 Å². The van der Waals surface area contributed by atoms with Crippen LogP contribution in [0.4, 0.5) is 11.4 Å². The van der Waals surface area contributed by atoms with Crippen molar-refractivity contribution in [1.82, 2.24) is 0 Å². The molecule has 0 bridgehead atoms. The lowest BCUT2D eigenvalue weighted by atomic mass is 9.98. The zero-order valence-electron chi connectivity index (χ0n) is 19.2. The molecule has 110 valence electrons. The molecular weight excluding hydrogens is 278 g/mol. The predicted octanol–water partition coefficient (Wildman–Crippen LogP) is 6.25. The van der Waals surface area contributed by atoms with Crippen molar-refractivity contribution in [3.8, 4) is 11.1 Å². The third-order valence-electron chi connectivity index (χ3n) is 3.55. The van der Waals surface area contributed by atoms with Crippen molar-refractivity contribution in [2.24, 2.45) is 0 Å². The molecule has 0 radical (unpaired) electrons. The molecule has 0 amide bonds. The van der Waals surface area contributed by atoms with E-state index in [1.807, 2.05) is 30.3 Å². The van der Waals surface area contributed by atoms with Gasteiger partial charge in [-0.1, -0.05) is 72.6 Å². The Hall–Kier alpha value is -3.06. The molecule has 0 saturated heterocycles. The quantitative estimate of drug-likeness (QED) is 0.471. The van der Waals surface area contributed by atoms with E-state index in [2.05, 4.69) is 5.32 Å². The van der Waals surface area contributed by atoms with Crippen LogP contribution in [0.15, 0.2) is 96.9 Å². The molecule has 4 rings (SSSR count). The van der Waals surface area contributed by atoms with Crippen molar-refractivity contribution in [1.29, 1.82) is 0 Å². The maximum atomic E-state index is 8.40. The highest BCUT2D eigenvalue weighted by molar-refractivity contribution is 5.96. The lowest BCUT2D eigenvalue weighted by molar-refractivity contribution is 1.55. The first-order valence-electron chi connectivity index (χ1n) is 10.7. The topological polar surface area (TPSA) is 12.0 Å². The molecule has 1 N–H and O–H groups in total. The summed E-state index contributed by atoms with van der Waals surface area (Å²) >= 11 is 0. The van der Waals surface area contributed by atoms with Gasteiger partial charge in [0.1, 0.15) is 0 Å². The Kier molecular flexibility index (Phi) is 2.07. The molecule has 4 aromatic carbocycles. The summed E-state index contributed by atoms with van der Waals surface area (Å²) in [6, 6.07) is 14.2. The van der Waals surface area contributed by atoms with Gasteiger partial charge in [-0.05, 0) is 46.2 Å². The molecule has 0 spiro atoms. The van der Waals surface area contributed by atoms with Crippen molar-refractivity contribution in [3.05, 3.63) is 96.9 Å². The molecule has 0 aromatic heterocycles. The van der Waals surface area contributed by atoms with Gasteiger partial charge in [0.2, 0.25) is 0 Å². The summed E-state index contributed by atoms with van der Waals surface area (Å²) < 4.78 is 57.2. The molecule has 0 fully saturated rings. The van der Waals surface area contributed by atoms with Crippen LogP contribution in [0, 0.1) is 0 Å². The number of anilines is 2. The fourth-order valence-corrected chi connectivity index (χ4v) is 2.44. The Morgan fingerprint density at radius 2 is 1.35 bits per heavy atom. The van der Waals surface area contributed by atoms with Crippen molar-refractivity contribution >= 4 is 22.1 Å². The van der Waals surface area contributed by atoms with E-state index in [1.165, 1.54) is 0 Å². The molecule has 1 heteroatoms. The van der Waals surface area contributed by atoms with E-state index in [1.54, 1.807) is 24.3 Å². The average Bonchev–Trinajstić information content (AvgIpc) is 2.76. The minimum absolute atomic E-state index is 0.0384. The molecule has 0 saturated carbocycles. The molecular formula is C22H17N. The Balaban J connectivity index is 1.93. The monoisotopic (exact) mass is 302 g/mol. The molecule has 0 atom stereocenters. The standard InChI is InChI=1S/C22H17N/c1-2-9-19(10-3-1)23-20-15-13-18(14-16-20)22-12-6-8-17-7-4-5-11-21(17)22/h1-16,23H/i4D,5D,6D,7D,8D,11D,12D. The summed E-state index contributed by atoms with van der Waals surface area (Å²) in [6.45, 7) is 0. The Morgan fingerprint density at radius 3 is 2.17 bits per heavy atom. The van der Waals surface area contributed by atoms with E-state index in [-0.39, 0.29) is 46.5 Å². The van der Waals surface area contributed by atoms with E-state index in [0.717, 1.165) is 11.4 Å². The fourth-order valence-electron chi connectivity index (χ4n) is 2.44.